The summed E-state index contributed by atoms with van der Waals surface area (Å²) in [6.45, 7) is 7.66. The Bertz CT molecular complexity index is 643. The van der Waals surface area contributed by atoms with Crippen LogP contribution in [0.25, 0.3) is 0 Å². The van der Waals surface area contributed by atoms with Gasteiger partial charge in [-0.15, -0.1) is 11.3 Å². The molecule has 0 bridgehead atoms. The van der Waals surface area contributed by atoms with E-state index in [1.54, 1.807) is 0 Å². The maximum atomic E-state index is 12.8. The van der Waals surface area contributed by atoms with Crippen molar-refractivity contribution in [1.29, 1.82) is 0 Å². The first-order valence-corrected chi connectivity index (χ1v) is 7.83. The Morgan fingerprint density at radius 1 is 1.45 bits per heavy atom. The molecule has 2 aromatic heterocycles. The Morgan fingerprint density at radius 2 is 2.25 bits per heavy atom. The lowest BCUT2D eigenvalue weighted by Gasteiger charge is -2.36. The number of rotatable bonds is 2. The zero-order chi connectivity index (χ0) is 14.3. The minimum atomic E-state index is 0.132. The molecule has 3 heterocycles. The molecule has 0 aliphatic carbocycles. The first-order valence-electron chi connectivity index (χ1n) is 7.02. The molecule has 1 aliphatic rings. The molecule has 0 saturated heterocycles. The van der Waals surface area contributed by atoms with Gasteiger partial charge in [-0.2, -0.15) is 0 Å². The molecule has 1 amide bonds. The highest BCUT2D eigenvalue weighted by molar-refractivity contribution is 7.13. The first kappa shape index (κ1) is 13.4. The highest BCUT2D eigenvalue weighted by Crippen LogP contribution is 2.31. The Kier molecular flexibility index (Phi) is 3.38. The summed E-state index contributed by atoms with van der Waals surface area (Å²) in [5.41, 5.74) is 2.10. The number of amides is 1. The molecule has 0 saturated carbocycles. The standard InChI is InChI=1S/C15H19N3OS/c1-4-12-13-6-5-7-17(13)8-9-18(12)15(19)14-10(2)16-11(3)20-14/h5-7,12H,4,8-9H2,1-3H3/t12-/m1/s1. The molecule has 3 rings (SSSR count). The zero-order valence-electron chi connectivity index (χ0n) is 12.1. The van der Waals surface area contributed by atoms with Gasteiger partial charge in [0.15, 0.2) is 0 Å². The molecule has 0 aromatic carbocycles. The van der Waals surface area contributed by atoms with Crippen LogP contribution in [0.1, 0.15) is 45.5 Å². The highest BCUT2D eigenvalue weighted by atomic mass is 32.1. The third-order valence-electron chi connectivity index (χ3n) is 3.91. The minimum Gasteiger partial charge on any atom is -0.348 e. The van der Waals surface area contributed by atoms with Crippen LogP contribution in [-0.2, 0) is 6.54 Å². The SMILES string of the molecule is CC[C@@H]1c2cccn2CCN1C(=O)c1sc(C)nc1C. The number of aryl methyl sites for hydroxylation is 2. The van der Waals surface area contributed by atoms with E-state index in [4.69, 9.17) is 0 Å². The van der Waals surface area contributed by atoms with Gasteiger partial charge in [-0.3, -0.25) is 4.79 Å². The van der Waals surface area contributed by atoms with Crippen molar-refractivity contribution in [3.63, 3.8) is 0 Å². The number of thiazole rings is 1. The normalized spacial score (nSPS) is 18.1. The molecule has 1 atom stereocenters. The summed E-state index contributed by atoms with van der Waals surface area (Å²) in [4.78, 5) is 20.0. The molecule has 5 heteroatoms. The average molecular weight is 289 g/mol. The van der Waals surface area contributed by atoms with Crippen molar-refractivity contribution in [2.75, 3.05) is 6.54 Å². The van der Waals surface area contributed by atoms with E-state index < -0.39 is 0 Å². The second-order valence-corrected chi connectivity index (χ2v) is 6.40. The lowest BCUT2D eigenvalue weighted by molar-refractivity contribution is 0.0622. The number of carbonyl (C=O) groups is 1. The molecule has 20 heavy (non-hydrogen) atoms. The van der Waals surface area contributed by atoms with E-state index in [0.29, 0.717) is 0 Å². The van der Waals surface area contributed by atoms with Gasteiger partial charge in [-0.25, -0.2) is 4.98 Å². The van der Waals surface area contributed by atoms with Crippen LogP contribution in [0.3, 0.4) is 0 Å². The molecule has 4 nitrogen and oxygen atoms in total. The van der Waals surface area contributed by atoms with Crippen LogP contribution in [0.4, 0.5) is 0 Å². The van der Waals surface area contributed by atoms with E-state index in [-0.39, 0.29) is 11.9 Å². The van der Waals surface area contributed by atoms with Crippen LogP contribution in [0.2, 0.25) is 0 Å². The van der Waals surface area contributed by atoms with Gasteiger partial charge in [0.2, 0.25) is 0 Å². The van der Waals surface area contributed by atoms with Gasteiger partial charge in [0.25, 0.3) is 5.91 Å². The van der Waals surface area contributed by atoms with Gasteiger partial charge < -0.3 is 9.47 Å². The fourth-order valence-corrected chi connectivity index (χ4v) is 3.87. The lowest BCUT2D eigenvalue weighted by Crippen LogP contribution is -2.41. The average Bonchev–Trinajstić information content (AvgIpc) is 3.02. The van der Waals surface area contributed by atoms with Gasteiger partial charge in [0.1, 0.15) is 4.88 Å². The second-order valence-electron chi connectivity index (χ2n) is 5.20. The monoisotopic (exact) mass is 289 g/mol. The van der Waals surface area contributed by atoms with Crippen molar-refractivity contribution in [1.82, 2.24) is 14.5 Å². The molecular weight excluding hydrogens is 270 g/mol. The zero-order valence-corrected chi connectivity index (χ0v) is 12.9. The summed E-state index contributed by atoms with van der Waals surface area (Å²) in [5.74, 6) is 0.132. The summed E-state index contributed by atoms with van der Waals surface area (Å²) in [6.07, 6.45) is 3.04. The van der Waals surface area contributed by atoms with E-state index in [1.165, 1.54) is 17.0 Å². The largest absolute Gasteiger partial charge is 0.348 e. The van der Waals surface area contributed by atoms with Crippen molar-refractivity contribution >= 4 is 17.2 Å². The van der Waals surface area contributed by atoms with E-state index in [1.807, 2.05) is 18.7 Å². The molecule has 2 aromatic rings. The van der Waals surface area contributed by atoms with Crippen LogP contribution < -0.4 is 0 Å². The minimum absolute atomic E-state index is 0.132. The number of fused-ring (bicyclic) bond motifs is 1. The number of carbonyl (C=O) groups excluding carboxylic acids is 1. The van der Waals surface area contributed by atoms with Crippen molar-refractivity contribution in [2.24, 2.45) is 0 Å². The Hall–Kier alpha value is -1.62. The van der Waals surface area contributed by atoms with Crippen molar-refractivity contribution in [2.45, 2.75) is 39.8 Å². The summed E-state index contributed by atoms with van der Waals surface area (Å²) < 4.78 is 2.25. The van der Waals surface area contributed by atoms with Gasteiger partial charge in [0, 0.05) is 25.0 Å². The maximum Gasteiger partial charge on any atom is 0.266 e. The van der Waals surface area contributed by atoms with Crippen LogP contribution in [0.15, 0.2) is 18.3 Å². The fourth-order valence-electron chi connectivity index (χ4n) is 3.00. The Labute approximate surface area is 123 Å². The third-order valence-corrected chi connectivity index (χ3v) is 4.97. The van der Waals surface area contributed by atoms with Gasteiger partial charge in [0.05, 0.1) is 16.7 Å². The lowest BCUT2D eigenvalue weighted by atomic mass is 10.1. The predicted octanol–water partition coefficient (Wildman–Crippen LogP) is 3.17. The number of hydrogen-bond donors (Lipinski definition) is 0. The maximum absolute atomic E-state index is 12.8. The van der Waals surface area contributed by atoms with Crippen molar-refractivity contribution in [3.8, 4) is 0 Å². The number of hydrogen-bond acceptors (Lipinski definition) is 3. The predicted molar refractivity (Wildman–Crippen MR) is 80.1 cm³/mol. The first-order chi connectivity index (χ1) is 9.61. The highest BCUT2D eigenvalue weighted by Gasteiger charge is 2.31. The van der Waals surface area contributed by atoms with Crippen LogP contribution in [0.5, 0.6) is 0 Å². The Morgan fingerprint density at radius 3 is 2.90 bits per heavy atom. The quantitative estimate of drug-likeness (QED) is 0.851. The van der Waals surface area contributed by atoms with E-state index in [0.717, 1.165) is 35.1 Å². The number of nitrogens with zero attached hydrogens (tertiary/aromatic N) is 3. The van der Waals surface area contributed by atoms with E-state index >= 15 is 0 Å². The fraction of sp³-hybridized carbons (Fsp3) is 0.467. The summed E-state index contributed by atoms with van der Waals surface area (Å²) in [6, 6.07) is 4.36. The van der Waals surface area contributed by atoms with Crippen LogP contribution in [-0.4, -0.2) is 26.9 Å². The molecule has 1 aliphatic heterocycles. The van der Waals surface area contributed by atoms with Gasteiger partial charge in [-0.1, -0.05) is 6.92 Å². The van der Waals surface area contributed by atoms with Crippen LogP contribution >= 0.6 is 11.3 Å². The number of aromatic nitrogens is 2. The summed E-state index contributed by atoms with van der Waals surface area (Å²) in [5, 5.41) is 0.958. The molecule has 0 fully saturated rings. The summed E-state index contributed by atoms with van der Waals surface area (Å²) in [7, 11) is 0. The Balaban J connectivity index is 1.94. The topological polar surface area (TPSA) is 38.1 Å². The van der Waals surface area contributed by atoms with Crippen molar-refractivity contribution in [3.05, 3.63) is 39.6 Å². The molecule has 0 N–H and O–H groups in total. The molecule has 0 unspecified atom stereocenters. The van der Waals surface area contributed by atoms with Crippen molar-refractivity contribution < 1.29 is 4.79 Å². The molecule has 0 spiro atoms. The molecule has 106 valence electrons. The van der Waals surface area contributed by atoms with E-state index in [9.17, 15) is 4.79 Å². The van der Waals surface area contributed by atoms with Gasteiger partial charge >= 0.3 is 0 Å². The van der Waals surface area contributed by atoms with Crippen LogP contribution in [0, 0.1) is 13.8 Å². The third kappa shape index (κ3) is 2.06. The second kappa shape index (κ2) is 5.05. The molecular formula is C15H19N3OS. The smallest absolute Gasteiger partial charge is 0.266 e. The molecule has 0 radical (unpaired) electrons. The van der Waals surface area contributed by atoms with E-state index in [2.05, 4.69) is 34.8 Å². The summed E-state index contributed by atoms with van der Waals surface area (Å²) >= 11 is 1.50. The van der Waals surface area contributed by atoms with Gasteiger partial charge in [-0.05, 0) is 32.4 Å².